The quantitative estimate of drug-likeness (QED) is 0.603. The van der Waals surface area contributed by atoms with Crippen LogP contribution in [0.4, 0.5) is 5.69 Å². The van der Waals surface area contributed by atoms with Gasteiger partial charge in [0.1, 0.15) is 0 Å². The van der Waals surface area contributed by atoms with Crippen LogP contribution in [-0.2, 0) is 9.47 Å². The Morgan fingerprint density at radius 1 is 1.13 bits per heavy atom. The Balaban J connectivity index is 1.55. The fraction of sp³-hybridized carbons (Fsp3) is 0.273. The number of carbonyl (C=O) groups excluding carboxylic acids is 4. The Hall–Kier alpha value is -3.52. The van der Waals surface area contributed by atoms with Crippen LogP contribution in [0.25, 0.3) is 0 Å². The van der Waals surface area contributed by atoms with Crippen LogP contribution in [0, 0.1) is 0 Å². The van der Waals surface area contributed by atoms with Crippen LogP contribution in [0.3, 0.4) is 0 Å². The van der Waals surface area contributed by atoms with Crippen molar-refractivity contribution >= 4 is 29.4 Å². The number of carbonyl (C=O) groups is 4. The van der Waals surface area contributed by atoms with E-state index >= 15 is 0 Å². The first-order valence-electron chi connectivity index (χ1n) is 9.60. The lowest BCUT2D eigenvalue weighted by Crippen LogP contribution is -2.36. The molecule has 0 bridgehead atoms. The molecule has 8 nitrogen and oxygen atoms in total. The highest BCUT2D eigenvalue weighted by Gasteiger charge is 2.38. The molecule has 0 aliphatic carbocycles. The number of amides is 3. The monoisotopic (exact) mass is 408 g/mol. The van der Waals surface area contributed by atoms with Gasteiger partial charge < -0.3 is 14.8 Å². The normalized spacial score (nSPS) is 17.8. The third kappa shape index (κ3) is 3.57. The summed E-state index contributed by atoms with van der Waals surface area (Å²) in [5.41, 5.74) is 1.16. The summed E-state index contributed by atoms with van der Waals surface area (Å²) in [5, 5.41) is 2.66. The molecule has 2 aliphatic heterocycles. The number of nitrogens with one attached hydrogen (secondary N) is 1. The van der Waals surface area contributed by atoms with E-state index in [4.69, 9.17) is 9.47 Å². The molecule has 30 heavy (non-hydrogen) atoms. The second-order valence-corrected chi connectivity index (χ2v) is 7.11. The first-order valence-corrected chi connectivity index (χ1v) is 9.60. The molecule has 0 saturated carbocycles. The number of rotatable bonds is 5. The molecular formula is C22H20N2O6. The lowest BCUT2D eigenvalue weighted by molar-refractivity contribution is 0.0475. The molecular weight excluding hydrogens is 388 g/mol. The minimum Gasteiger partial charge on any atom is -0.465 e. The summed E-state index contributed by atoms with van der Waals surface area (Å²) in [4.78, 5) is 51.2. The summed E-state index contributed by atoms with van der Waals surface area (Å²) in [7, 11) is 1.26. The second kappa shape index (κ2) is 8.08. The summed E-state index contributed by atoms with van der Waals surface area (Å²) in [5.74, 6) is -1.90. The van der Waals surface area contributed by atoms with Gasteiger partial charge in [0, 0.05) is 12.2 Å². The molecule has 4 rings (SSSR count). The summed E-state index contributed by atoms with van der Waals surface area (Å²) in [6, 6.07) is 10.8. The maximum atomic E-state index is 12.8. The van der Waals surface area contributed by atoms with Crippen LogP contribution < -0.4 is 5.32 Å². The maximum absolute atomic E-state index is 12.8. The molecule has 2 aromatic rings. The number of imide groups is 1. The molecule has 8 heteroatoms. The SMILES string of the molecule is COC(=O)c1ccccc1NC(=O)c1ccc2c(c1)C(=O)N(CC1CCCO1)C2=O. The van der Waals surface area contributed by atoms with Gasteiger partial charge in [0.05, 0.1) is 42.1 Å². The fourth-order valence-electron chi connectivity index (χ4n) is 3.66. The number of fused-ring (bicyclic) bond motifs is 1. The van der Waals surface area contributed by atoms with E-state index in [2.05, 4.69) is 5.32 Å². The third-order valence-electron chi connectivity index (χ3n) is 5.22. The molecule has 3 amide bonds. The van der Waals surface area contributed by atoms with Gasteiger partial charge in [0.15, 0.2) is 0 Å². The van der Waals surface area contributed by atoms with Gasteiger partial charge in [-0.2, -0.15) is 0 Å². The topological polar surface area (TPSA) is 102 Å². The van der Waals surface area contributed by atoms with E-state index in [0.29, 0.717) is 6.61 Å². The van der Waals surface area contributed by atoms with Crippen molar-refractivity contribution in [3.63, 3.8) is 0 Å². The Bertz CT molecular complexity index is 1040. The Labute approximate surface area is 172 Å². The van der Waals surface area contributed by atoms with Gasteiger partial charge in [-0.15, -0.1) is 0 Å². The molecule has 2 aliphatic rings. The van der Waals surface area contributed by atoms with Crippen molar-refractivity contribution < 1.29 is 28.7 Å². The molecule has 0 spiro atoms. The van der Waals surface area contributed by atoms with Crippen molar-refractivity contribution in [2.75, 3.05) is 25.6 Å². The zero-order valence-electron chi connectivity index (χ0n) is 16.3. The molecule has 0 aromatic heterocycles. The van der Waals surface area contributed by atoms with Gasteiger partial charge in [-0.1, -0.05) is 12.1 Å². The van der Waals surface area contributed by atoms with E-state index in [1.54, 1.807) is 18.2 Å². The molecule has 2 heterocycles. The van der Waals surface area contributed by atoms with E-state index in [-0.39, 0.29) is 46.5 Å². The number of anilines is 1. The zero-order valence-corrected chi connectivity index (χ0v) is 16.3. The highest BCUT2D eigenvalue weighted by atomic mass is 16.5. The molecule has 2 aromatic carbocycles. The van der Waals surface area contributed by atoms with E-state index in [0.717, 1.165) is 12.8 Å². The van der Waals surface area contributed by atoms with Crippen molar-refractivity contribution in [2.45, 2.75) is 18.9 Å². The lowest BCUT2D eigenvalue weighted by Gasteiger charge is -2.17. The van der Waals surface area contributed by atoms with Gasteiger partial charge in [-0.25, -0.2) is 4.79 Å². The van der Waals surface area contributed by atoms with Crippen LogP contribution in [0.2, 0.25) is 0 Å². The minimum atomic E-state index is -0.578. The van der Waals surface area contributed by atoms with E-state index in [1.807, 2.05) is 0 Å². The van der Waals surface area contributed by atoms with Crippen LogP contribution in [-0.4, -0.2) is 55.0 Å². The van der Waals surface area contributed by atoms with Gasteiger partial charge in [0.25, 0.3) is 17.7 Å². The number of para-hydroxylation sites is 1. The Kier molecular flexibility index (Phi) is 5.33. The van der Waals surface area contributed by atoms with Crippen LogP contribution in [0.5, 0.6) is 0 Å². The average Bonchev–Trinajstić information content (AvgIpc) is 3.36. The van der Waals surface area contributed by atoms with Crippen molar-refractivity contribution in [3.05, 3.63) is 64.7 Å². The highest BCUT2D eigenvalue weighted by molar-refractivity contribution is 6.22. The van der Waals surface area contributed by atoms with Crippen LogP contribution in [0.1, 0.15) is 54.3 Å². The molecule has 1 unspecified atom stereocenters. The Morgan fingerprint density at radius 2 is 1.90 bits per heavy atom. The van der Waals surface area contributed by atoms with Gasteiger partial charge in [-0.05, 0) is 43.2 Å². The first kappa shape index (κ1) is 19.8. The smallest absolute Gasteiger partial charge is 0.339 e. The lowest BCUT2D eigenvalue weighted by atomic mass is 10.0. The number of hydrogen-bond donors (Lipinski definition) is 1. The van der Waals surface area contributed by atoms with E-state index in [9.17, 15) is 19.2 Å². The summed E-state index contributed by atoms with van der Waals surface area (Å²) in [6.45, 7) is 0.839. The molecule has 1 saturated heterocycles. The van der Waals surface area contributed by atoms with Gasteiger partial charge >= 0.3 is 5.97 Å². The summed E-state index contributed by atoms with van der Waals surface area (Å²) >= 11 is 0. The molecule has 154 valence electrons. The molecule has 1 N–H and O–H groups in total. The Morgan fingerprint density at radius 3 is 2.63 bits per heavy atom. The number of esters is 1. The average molecular weight is 408 g/mol. The van der Waals surface area contributed by atoms with Crippen molar-refractivity contribution in [1.29, 1.82) is 0 Å². The van der Waals surface area contributed by atoms with Crippen LogP contribution in [0.15, 0.2) is 42.5 Å². The van der Waals surface area contributed by atoms with Gasteiger partial charge in [0.2, 0.25) is 0 Å². The summed E-state index contributed by atoms with van der Waals surface area (Å²) in [6.07, 6.45) is 1.57. The fourth-order valence-corrected chi connectivity index (χ4v) is 3.66. The zero-order chi connectivity index (χ0) is 21.3. The van der Waals surface area contributed by atoms with Crippen LogP contribution >= 0.6 is 0 Å². The van der Waals surface area contributed by atoms with Crippen molar-refractivity contribution in [2.24, 2.45) is 0 Å². The number of hydrogen-bond acceptors (Lipinski definition) is 6. The minimum absolute atomic E-state index is 0.148. The largest absolute Gasteiger partial charge is 0.465 e. The number of nitrogens with zero attached hydrogens (tertiary/aromatic N) is 1. The predicted octanol–water partition coefficient (Wildman–Crippen LogP) is 2.50. The number of ether oxygens (including phenoxy) is 2. The highest BCUT2D eigenvalue weighted by Crippen LogP contribution is 2.26. The first-order chi connectivity index (χ1) is 14.5. The molecule has 1 atom stereocenters. The molecule has 0 radical (unpaired) electrons. The van der Waals surface area contributed by atoms with Gasteiger partial charge in [-0.3, -0.25) is 19.3 Å². The van der Waals surface area contributed by atoms with E-state index in [1.165, 1.54) is 36.3 Å². The standard InChI is InChI=1S/C22H20N2O6/c1-29-22(28)16-6-2-3-7-18(16)23-19(25)13-8-9-15-17(11-13)21(27)24(20(15)26)12-14-5-4-10-30-14/h2-3,6-9,11,14H,4-5,10,12H2,1H3,(H,23,25). The third-order valence-corrected chi connectivity index (χ3v) is 5.22. The number of methoxy groups -OCH3 is 1. The number of benzene rings is 2. The van der Waals surface area contributed by atoms with Crippen molar-refractivity contribution in [3.8, 4) is 0 Å². The predicted molar refractivity (Wildman–Crippen MR) is 107 cm³/mol. The van der Waals surface area contributed by atoms with E-state index < -0.39 is 17.8 Å². The summed E-state index contributed by atoms with van der Waals surface area (Å²) < 4.78 is 10.3. The maximum Gasteiger partial charge on any atom is 0.339 e. The second-order valence-electron chi connectivity index (χ2n) is 7.11. The molecule has 1 fully saturated rings. The van der Waals surface area contributed by atoms with Crippen molar-refractivity contribution in [1.82, 2.24) is 4.90 Å².